The van der Waals surface area contributed by atoms with Gasteiger partial charge in [0.15, 0.2) is 0 Å². The molecule has 0 aliphatic carbocycles. The molecule has 0 aromatic carbocycles. The molecule has 0 bridgehead atoms. The first-order valence-electron chi connectivity index (χ1n) is 5.44. The minimum Gasteiger partial charge on any atom is -0.396 e. The molecule has 0 heterocycles. The topological polar surface area (TPSA) is 20.2 Å². The van der Waals surface area contributed by atoms with Crippen LogP contribution in [0.1, 0.15) is 60.3 Å². The van der Waals surface area contributed by atoms with Crippen molar-refractivity contribution in [2.24, 2.45) is 10.8 Å². The Balaban J connectivity index is 3.97. The Kier molecular flexibility index (Phi) is 4.98. The van der Waals surface area contributed by atoms with Crippen molar-refractivity contribution in [1.82, 2.24) is 0 Å². The monoisotopic (exact) mass is 186 g/mol. The van der Waals surface area contributed by atoms with Gasteiger partial charge in [0.2, 0.25) is 0 Å². The fourth-order valence-electron chi connectivity index (χ4n) is 1.56. The van der Waals surface area contributed by atoms with E-state index < -0.39 is 0 Å². The van der Waals surface area contributed by atoms with E-state index in [1.165, 1.54) is 12.8 Å². The Hall–Kier alpha value is -0.0400. The van der Waals surface area contributed by atoms with Crippen molar-refractivity contribution >= 4 is 0 Å². The van der Waals surface area contributed by atoms with Crippen molar-refractivity contribution in [2.45, 2.75) is 60.3 Å². The molecule has 1 nitrogen and oxygen atoms in total. The fourth-order valence-corrected chi connectivity index (χ4v) is 1.56. The molecular weight excluding hydrogens is 160 g/mol. The van der Waals surface area contributed by atoms with E-state index in [2.05, 4.69) is 34.6 Å². The highest BCUT2D eigenvalue weighted by molar-refractivity contribution is 4.75. The third-order valence-electron chi connectivity index (χ3n) is 2.71. The molecule has 0 aliphatic rings. The largest absolute Gasteiger partial charge is 0.396 e. The van der Waals surface area contributed by atoms with Gasteiger partial charge in [-0.3, -0.25) is 0 Å². The molecule has 80 valence electrons. The second-order valence-electron chi connectivity index (χ2n) is 5.78. The van der Waals surface area contributed by atoms with Gasteiger partial charge in [-0.2, -0.15) is 0 Å². The molecule has 0 rings (SSSR count). The summed E-state index contributed by atoms with van der Waals surface area (Å²) < 4.78 is 0. The molecule has 1 unspecified atom stereocenters. The van der Waals surface area contributed by atoms with Crippen LogP contribution in [-0.4, -0.2) is 11.7 Å². The first-order chi connectivity index (χ1) is 5.83. The lowest BCUT2D eigenvalue weighted by Crippen LogP contribution is -2.23. The molecule has 1 N–H and O–H groups in total. The Morgan fingerprint density at radius 1 is 0.923 bits per heavy atom. The van der Waals surface area contributed by atoms with E-state index in [-0.39, 0.29) is 5.41 Å². The smallest absolute Gasteiger partial charge is 0.0484 e. The van der Waals surface area contributed by atoms with Gasteiger partial charge in [-0.25, -0.2) is 0 Å². The third-order valence-corrected chi connectivity index (χ3v) is 2.71. The van der Waals surface area contributed by atoms with Gasteiger partial charge in [0.05, 0.1) is 0 Å². The van der Waals surface area contributed by atoms with Gasteiger partial charge in [-0.05, 0) is 30.1 Å². The number of aliphatic hydroxyl groups is 1. The Bertz CT molecular complexity index is 135. The van der Waals surface area contributed by atoms with Crippen molar-refractivity contribution in [1.29, 1.82) is 0 Å². The van der Waals surface area contributed by atoms with Gasteiger partial charge in [0.25, 0.3) is 0 Å². The molecule has 0 aromatic heterocycles. The van der Waals surface area contributed by atoms with Crippen LogP contribution in [0.15, 0.2) is 0 Å². The van der Waals surface area contributed by atoms with Crippen LogP contribution in [0.5, 0.6) is 0 Å². The quantitative estimate of drug-likeness (QED) is 0.695. The maximum atomic E-state index is 9.31. The van der Waals surface area contributed by atoms with Crippen LogP contribution < -0.4 is 0 Å². The van der Waals surface area contributed by atoms with Crippen LogP contribution >= 0.6 is 0 Å². The zero-order chi connectivity index (χ0) is 10.5. The first-order valence-corrected chi connectivity index (χ1v) is 5.44. The van der Waals surface area contributed by atoms with Crippen molar-refractivity contribution in [3.8, 4) is 0 Å². The summed E-state index contributed by atoms with van der Waals surface area (Å²) in [5.41, 5.74) is 0.548. The second kappa shape index (κ2) is 4.99. The molecule has 1 atom stereocenters. The SMILES string of the molecule is CCCC(C)(CO)CCC(C)(C)C. The van der Waals surface area contributed by atoms with Crippen LogP contribution in [0.3, 0.4) is 0 Å². The van der Waals surface area contributed by atoms with Crippen molar-refractivity contribution in [3.05, 3.63) is 0 Å². The molecule has 0 fully saturated rings. The molecule has 0 spiro atoms. The lowest BCUT2D eigenvalue weighted by Gasteiger charge is -2.30. The van der Waals surface area contributed by atoms with Crippen molar-refractivity contribution in [3.63, 3.8) is 0 Å². The Morgan fingerprint density at radius 3 is 1.77 bits per heavy atom. The van der Waals surface area contributed by atoms with Gasteiger partial charge in [-0.15, -0.1) is 0 Å². The zero-order valence-electron chi connectivity index (χ0n) is 9.98. The van der Waals surface area contributed by atoms with Crippen molar-refractivity contribution < 1.29 is 5.11 Å². The number of hydrogen-bond donors (Lipinski definition) is 1. The van der Waals surface area contributed by atoms with Gasteiger partial charge in [0.1, 0.15) is 0 Å². The van der Waals surface area contributed by atoms with E-state index in [1.807, 2.05) is 0 Å². The van der Waals surface area contributed by atoms with Crippen LogP contribution in [0.25, 0.3) is 0 Å². The van der Waals surface area contributed by atoms with Gasteiger partial charge in [-0.1, -0.05) is 41.0 Å². The van der Waals surface area contributed by atoms with E-state index >= 15 is 0 Å². The van der Waals surface area contributed by atoms with E-state index in [4.69, 9.17) is 0 Å². The van der Waals surface area contributed by atoms with Crippen molar-refractivity contribution in [2.75, 3.05) is 6.61 Å². The van der Waals surface area contributed by atoms with E-state index in [9.17, 15) is 5.11 Å². The van der Waals surface area contributed by atoms with E-state index in [0.29, 0.717) is 12.0 Å². The molecule has 0 radical (unpaired) electrons. The summed E-state index contributed by atoms with van der Waals surface area (Å²) in [5.74, 6) is 0. The highest BCUT2D eigenvalue weighted by Crippen LogP contribution is 2.33. The maximum Gasteiger partial charge on any atom is 0.0484 e. The molecule has 0 saturated carbocycles. The lowest BCUT2D eigenvalue weighted by atomic mass is 9.77. The summed E-state index contributed by atoms with van der Waals surface area (Å²) in [6.45, 7) is 11.5. The first kappa shape index (κ1) is 13.0. The number of hydrogen-bond acceptors (Lipinski definition) is 1. The normalized spacial score (nSPS) is 17.1. The molecule has 0 aliphatic heterocycles. The summed E-state index contributed by atoms with van der Waals surface area (Å²) in [7, 11) is 0. The average molecular weight is 186 g/mol. The highest BCUT2D eigenvalue weighted by Gasteiger charge is 2.24. The summed E-state index contributed by atoms with van der Waals surface area (Å²) in [6, 6.07) is 0. The summed E-state index contributed by atoms with van der Waals surface area (Å²) in [4.78, 5) is 0. The van der Waals surface area contributed by atoms with Gasteiger partial charge in [0, 0.05) is 6.61 Å². The molecule has 0 amide bonds. The number of rotatable bonds is 5. The average Bonchev–Trinajstić information content (AvgIpc) is 2.01. The highest BCUT2D eigenvalue weighted by atomic mass is 16.3. The van der Waals surface area contributed by atoms with Crippen LogP contribution in [0, 0.1) is 10.8 Å². The van der Waals surface area contributed by atoms with Gasteiger partial charge >= 0.3 is 0 Å². The second-order valence-corrected chi connectivity index (χ2v) is 5.78. The standard InChI is InChI=1S/C12H26O/c1-6-7-12(5,10-13)9-8-11(2,3)4/h13H,6-10H2,1-5H3. The third kappa shape index (κ3) is 6.09. The maximum absolute atomic E-state index is 9.31. The number of aliphatic hydroxyl groups excluding tert-OH is 1. The van der Waals surface area contributed by atoms with E-state index in [0.717, 1.165) is 12.8 Å². The minimum atomic E-state index is 0.155. The Labute approximate surface area is 83.5 Å². The molecular formula is C12H26O. The van der Waals surface area contributed by atoms with Gasteiger partial charge < -0.3 is 5.11 Å². The lowest BCUT2D eigenvalue weighted by molar-refractivity contribution is 0.107. The predicted octanol–water partition coefficient (Wildman–Crippen LogP) is 3.61. The summed E-state index contributed by atoms with van der Waals surface area (Å²) in [5, 5.41) is 9.31. The molecule has 13 heavy (non-hydrogen) atoms. The molecule has 0 aromatic rings. The predicted molar refractivity (Wildman–Crippen MR) is 58.8 cm³/mol. The Morgan fingerprint density at radius 2 is 1.46 bits per heavy atom. The summed E-state index contributed by atoms with van der Waals surface area (Å²) in [6.07, 6.45) is 4.64. The fraction of sp³-hybridized carbons (Fsp3) is 1.00. The van der Waals surface area contributed by atoms with Crippen LogP contribution in [-0.2, 0) is 0 Å². The molecule has 1 heteroatoms. The zero-order valence-corrected chi connectivity index (χ0v) is 9.98. The minimum absolute atomic E-state index is 0.155. The van der Waals surface area contributed by atoms with Crippen LogP contribution in [0.4, 0.5) is 0 Å². The van der Waals surface area contributed by atoms with E-state index in [1.54, 1.807) is 0 Å². The molecule has 0 saturated heterocycles. The summed E-state index contributed by atoms with van der Waals surface area (Å²) >= 11 is 0. The van der Waals surface area contributed by atoms with Crippen LogP contribution in [0.2, 0.25) is 0 Å².